The van der Waals surface area contributed by atoms with E-state index in [0.29, 0.717) is 12.0 Å². The highest BCUT2D eigenvalue weighted by Gasteiger charge is 2.24. The first-order chi connectivity index (χ1) is 11.9. The second-order valence-corrected chi connectivity index (χ2v) is 7.04. The van der Waals surface area contributed by atoms with Gasteiger partial charge in [0.05, 0.1) is 11.3 Å². The zero-order valence-corrected chi connectivity index (χ0v) is 15.1. The Balaban J connectivity index is 1.93. The fourth-order valence-electron chi connectivity index (χ4n) is 3.48. The van der Waals surface area contributed by atoms with E-state index in [1.807, 2.05) is 19.1 Å². The summed E-state index contributed by atoms with van der Waals surface area (Å²) in [6, 6.07) is 9.51. The molecule has 1 atom stereocenters. The molecule has 5 heteroatoms. The van der Waals surface area contributed by atoms with E-state index >= 15 is 0 Å². The monoisotopic (exact) mass is 339 g/mol. The molecule has 1 aliphatic heterocycles. The zero-order chi connectivity index (χ0) is 18.0. The molecule has 0 radical (unpaired) electrons. The van der Waals surface area contributed by atoms with Gasteiger partial charge in [-0.05, 0) is 58.4 Å². The average Bonchev–Trinajstić information content (AvgIpc) is 2.61. The highest BCUT2D eigenvalue weighted by molar-refractivity contribution is 5.89. The summed E-state index contributed by atoms with van der Waals surface area (Å²) >= 11 is 0. The third-order valence-electron chi connectivity index (χ3n) is 4.86. The van der Waals surface area contributed by atoms with Crippen molar-refractivity contribution in [2.75, 3.05) is 13.1 Å². The van der Waals surface area contributed by atoms with Crippen LogP contribution in [0.4, 0.5) is 0 Å². The molecule has 1 aromatic heterocycles. The maximum atomic E-state index is 11.2. The number of rotatable bonds is 4. The molecular formula is C20H25N3O2. The minimum atomic E-state index is -0.923. The summed E-state index contributed by atoms with van der Waals surface area (Å²) in [5.74, 6) is 0.210. The van der Waals surface area contributed by atoms with Gasteiger partial charge in [-0.25, -0.2) is 14.8 Å². The lowest BCUT2D eigenvalue weighted by molar-refractivity contribution is 0.0697. The van der Waals surface area contributed by atoms with Crippen molar-refractivity contribution in [2.45, 2.75) is 45.6 Å². The summed E-state index contributed by atoms with van der Waals surface area (Å²) < 4.78 is 0. The average molecular weight is 339 g/mol. The van der Waals surface area contributed by atoms with Gasteiger partial charge in [0.1, 0.15) is 5.82 Å². The highest BCUT2D eigenvalue weighted by Crippen LogP contribution is 2.29. The summed E-state index contributed by atoms with van der Waals surface area (Å²) in [5.41, 5.74) is 2.96. The minimum absolute atomic E-state index is 0.277. The molecule has 1 fully saturated rings. The topological polar surface area (TPSA) is 66.3 Å². The lowest BCUT2D eigenvalue weighted by atomic mass is 9.92. The van der Waals surface area contributed by atoms with Gasteiger partial charge in [0.15, 0.2) is 0 Å². The van der Waals surface area contributed by atoms with Gasteiger partial charge in [-0.2, -0.15) is 0 Å². The normalized spacial score (nSPS) is 18.5. The van der Waals surface area contributed by atoms with Crippen molar-refractivity contribution in [3.8, 4) is 11.3 Å². The van der Waals surface area contributed by atoms with Crippen molar-refractivity contribution in [3.05, 3.63) is 47.4 Å². The SMILES string of the molecule is Cc1nc(-c2cccc(C(=O)O)c2)cc([C@H]2CCCN(C(C)C)C2)n1. The number of carboxylic acid groups (broad SMARTS) is 1. The van der Waals surface area contributed by atoms with Crippen molar-refractivity contribution in [1.29, 1.82) is 0 Å². The molecule has 1 N–H and O–H groups in total. The molecule has 0 saturated carbocycles. The molecule has 1 aromatic carbocycles. The van der Waals surface area contributed by atoms with Crippen molar-refractivity contribution in [1.82, 2.24) is 14.9 Å². The molecule has 25 heavy (non-hydrogen) atoms. The number of likely N-dealkylation sites (tertiary alicyclic amines) is 1. The van der Waals surface area contributed by atoms with Crippen molar-refractivity contribution in [2.24, 2.45) is 0 Å². The Labute approximate surface area is 148 Å². The van der Waals surface area contributed by atoms with Gasteiger partial charge in [-0.15, -0.1) is 0 Å². The van der Waals surface area contributed by atoms with Crippen LogP contribution in [0.3, 0.4) is 0 Å². The predicted molar refractivity (Wildman–Crippen MR) is 97.8 cm³/mol. The summed E-state index contributed by atoms with van der Waals surface area (Å²) in [4.78, 5) is 22.9. The Morgan fingerprint density at radius 3 is 2.80 bits per heavy atom. The fourth-order valence-corrected chi connectivity index (χ4v) is 3.48. The zero-order valence-electron chi connectivity index (χ0n) is 15.1. The van der Waals surface area contributed by atoms with E-state index < -0.39 is 5.97 Å². The largest absolute Gasteiger partial charge is 0.478 e. The Hall–Kier alpha value is -2.27. The third-order valence-corrected chi connectivity index (χ3v) is 4.86. The number of carbonyl (C=O) groups is 1. The van der Waals surface area contributed by atoms with E-state index in [1.54, 1.807) is 18.2 Å². The number of aryl methyl sites for hydroxylation is 1. The van der Waals surface area contributed by atoms with E-state index in [1.165, 1.54) is 6.42 Å². The number of aromatic carboxylic acids is 1. The molecule has 132 valence electrons. The van der Waals surface area contributed by atoms with Crippen LogP contribution < -0.4 is 0 Å². The molecule has 0 unspecified atom stereocenters. The maximum absolute atomic E-state index is 11.2. The minimum Gasteiger partial charge on any atom is -0.478 e. The Morgan fingerprint density at radius 2 is 2.08 bits per heavy atom. The maximum Gasteiger partial charge on any atom is 0.335 e. The van der Waals surface area contributed by atoms with E-state index in [2.05, 4.69) is 28.7 Å². The molecule has 2 heterocycles. The Bertz CT molecular complexity index is 773. The summed E-state index contributed by atoms with van der Waals surface area (Å²) in [7, 11) is 0. The number of hydrogen-bond donors (Lipinski definition) is 1. The fraction of sp³-hybridized carbons (Fsp3) is 0.450. The smallest absolute Gasteiger partial charge is 0.335 e. The second kappa shape index (κ2) is 7.31. The van der Waals surface area contributed by atoms with Crippen LogP contribution in [0.5, 0.6) is 0 Å². The quantitative estimate of drug-likeness (QED) is 0.919. The Morgan fingerprint density at radius 1 is 1.28 bits per heavy atom. The summed E-state index contributed by atoms with van der Waals surface area (Å²) in [5, 5.41) is 9.21. The van der Waals surface area contributed by atoms with Gasteiger partial charge in [-0.3, -0.25) is 0 Å². The number of nitrogens with zero attached hydrogens (tertiary/aromatic N) is 3. The first kappa shape index (κ1) is 17.5. The van der Waals surface area contributed by atoms with Gasteiger partial charge in [-0.1, -0.05) is 12.1 Å². The van der Waals surface area contributed by atoms with Crippen LogP contribution in [0.25, 0.3) is 11.3 Å². The number of carboxylic acids is 1. The number of piperidine rings is 1. The molecule has 2 aromatic rings. The van der Waals surface area contributed by atoms with E-state index in [9.17, 15) is 9.90 Å². The third kappa shape index (κ3) is 4.04. The van der Waals surface area contributed by atoms with Crippen LogP contribution in [-0.2, 0) is 0 Å². The van der Waals surface area contributed by atoms with Crippen LogP contribution in [0, 0.1) is 6.92 Å². The second-order valence-electron chi connectivity index (χ2n) is 7.04. The highest BCUT2D eigenvalue weighted by atomic mass is 16.4. The Kier molecular flexibility index (Phi) is 5.13. The van der Waals surface area contributed by atoms with Gasteiger partial charge in [0.25, 0.3) is 0 Å². The van der Waals surface area contributed by atoms with Crippen LogP contribution in [0.1, 0.15) is 54.5 Å². The summed E-state index contributed by atoms with van der Waals surface area (Å²) in [6.45, 7) is 8.53. The number of aromatic nitrogens is 2. The first-order valence-electron chi connectivity index (χ1n) is 8.87. The predicted octanol–water partition coefficient (Wildman–Crippen LogP) is 3.74. The van der Waals surface area contributed by atoms with Crippen LogP contribution in [0.2, 0.25) is 0 Å². The molecule has 5 nitrogen and oxygen atoms in total. The molecule has 1 aliphatic rings. The van der Waals surface area contributed by atoms with Crippen molar-refractivity contribution < 1.29 is 9.90 Å². The first-order valence-corrected chi connectivity index (χ1v) is 8.87. The van der Waals surface area contributed by atoms with E-state index in [-0.39, 0.29) is 5.56 Å². The molecule has 1 saturated heterocycles. The molecular weight excluding hydrogens is 314 g/mol. The van der Waals surface area contributed by atoms with Gasteiger partial charge >= 0.3 is 5.97 Å². The summed E-state index contributed by atoms with van der Waals surface area (Å²) in [6.07, 6.45) is 2.31. The lowest BCUT2D eigenvalue weighted by Gasteiger charge is -2.35. The van der Waals surface area contributed by atoms with Gasteiger partial charge < -0.3 is 10.0 Å². The van der Waals surface area contributed by atoms with Crippen molar-refractivity contribution >= 4 is 5.97 Å². The number of benzene rings is 1. The number of hydrogen-bond acceptors (Lipinski definition) is 4. The standard InChI is InChI=1S/C20H25N3O2/c1-13(2)23-9-5-8-17(12-23)19-11-18(21-14(3)22-19)15-6-4-7-16(10-15)20(24)25/h4,6-7,10-11,13,17H,5,8-9,12H2,1-3H3,(H,24,25)/t17-/m0/s1. The van der Waals surface area contributed by atoms with Gasteiger partial charge in [0, 0.05) is 29.8 Å². The molecule has 3 rings (SSSR count). The van der Waals surface area contributed by atoms with Crippen molar-refractivity contribution in [3.63, 3.8) is 0 Å². The van der Waals surface area contributed by atoms with Crippen LogP contribution >= 0.6 is 0 Å². The van der Waals surface area contributed by atoms with E-state index in [0.717, 1.165) is 42.3 Å². The van der Waals surface area contributed by atoms with Crippen LogP contribution in [-0.4, -0.2) is 45.1 Å². The molecule has 0 amide bonds. The molecule has 0 spiro atoms. The lowest BCUT2D eigenvalue weighted by Crippen LogP contribution is -2.39. The van der Waals surface area contributed by atoms with Gasteiger partial charge in [0.2, 0.25) is 0 Å². The van der Waals surface area contributed by atoms with Crippen LogP contribution in [0.15, 0.2) is 30.3 Å². The van der Waals surface area contributed by atoms with E-state index in [4.69, 9.17) is 0 Å². The molecule has 0 aliphatic carbocycles. The molecule has 0 bridgehead atoms.